The number of benzene rings is 1. The smallest absolute Gasteiger partial charge is 0.129 e. The molecule has 0 saturated heterocycles. The van der Waals surface area contributed by atoms with E-state index in [0.717, 1.165) is 24.3 Å². The lowest BCUT2D eigenvalue weighted by molar-refractivity contribution is 0.343. The minimum absolute atomic E-state index is 0.0731. The minimum Gasteiger partial charge on any atom is -0.492 e. The van der Waals surface area contributed by atoms with Crippen LogP contribution in [0.15, 0.2) is 24.3 Å². The van der Waals surface area contributed by atoms with E-state index in [1.54, 1.807) is 6.08 Å². The van der Waals surface area contributed by atoms with Crippen LogP contribution in [0.2, 0.25) is 0 Å². The molecule has 0 aliphatic carbocycles. The molecule has 0 amide bonds. The van der Waals surface area contributed by atoms with Crippen LogP contribution in [0.5, 0.6) is 5.75 Å². The van der Waals surface area contributed by atoms with Gasteiger partial charge < -0.3 is 9.84 Å². The molecular formula is C11H12O2. The highest BCUT2D eigenvalue weighted by Gasteiger charge is 2.13. The van der Waals surface area contributed by atoms with Crippen LogP contribution in [-0.4, -0.2) is 18.3 Å². The van der Waals surface area contributed by atoms with Crippen LogP contribution in [-0.2, 0) is 6.42 Å². The molecule has 0 saturated carbocycles. The van der Waals surface area contributed by atoms with Gasteiger partial charge in [0.2, 0.25) is 0 Å². The Bertz CT molecular complexity index is 329. The molecule has 0 atom stereocenters. The minimum atomic E-state index is 0.0731. The molecule has 1 aromatic rings. The fourth-order valence-corrected chi connectivity index (χ4v) is 1.55. The highest BCUT2D eigenvalue weighted by Crippen LogP contribution is 2.29. The van der Waals surface area contributed by atoms with E-state index in [-0.39, 0.29) is 6.61 Å². The fourth-order valence-electron chi connectivity index (χ4n) is 1.55. The van der Waals surface area contributed by atoms with Gasteiger partial charge in [0.15, 0.2) is 0 Å². The van der Waals surface area contributed by atoms with E-state index in [1.165, 1.54) is 5.56 Å². The summed E-state index contributed by atoms with van der Waals surface area (Å²) in [4.78, 5) is 0. The van der Waals surface area contributed by atoms with Gasteiger partial charge in [0.05, 0.1) is 13.2 Å². The van der Waals surface area contributed by atoms with Crippen molar-refractivity contribution in [3.63, 3.8) is 0 Å². The number of hydrogen-bond acceptors (Lipinski definition) is 2. The number of rotatable bonds is 2. The van der Waals surface area contributed by atoms with Gasteiger partial charge in [-0.25, -0.2) is 0 Å². The van der Waals surface area contributed by atoms with Crippen molar-refractivity contribution >= 4 is 6.08 Å². The number of aliphatic hydroxyl groups is 1. The first kappa shape index (κ1) is 8.32. The van der Waals surface area contributed by atoms with E-state index in [0.29, 0.717) is 0 Å². The first-order valence-corrected chi connectivity index (χ1v) is 4.44. The van der Waals surface area contributed by atoms with E-state index < -0.39 is 0 Å². The molecule has 1 aromatic carbocycles. The Morgan fingerprint density at radius 3 is 3.23 bits per heavy atom. The molecule has 1 heterocycles. The Balaban J connectivity index is 2.36. The zero-order valence-electron chi connectivity index (χ0n) is 7.36. The number of fused-ring (bicyclic) bond motifs is 1. The van der Waals surface area contributed by atoms with Crippen molar-refractivity contribution in [2.24, 2.45) is 0 Å². The Morgan fingerprint density at radius 2 is 2.38 bits per heavy atom. The van der Waals surface area contributed by atoms with E-state index >= 15 is 0 Å². The lowest BCUT2D eigenvalue weighted by Gasteiger charge is -2.02. The zero-order valence-corrected chi connectivity index (χ0v) is 7.36. The van der Waals surface area contributed by atoms with Gasteiger partial charge in [-0.3, -0.25) is 0 Å². The summed E-state index contributed by atoms with van der Waals surface area (Å²) in [7, 11) is 0. The second kappa shape index (κ2) is 3.62. The molecule has 13 heavy (non-hydrogen) atoms. The van der Waals surface area contributed by atoms with Gasteiger partial charge in [0.25, 0.3) is 0 Å². The molecule has 0 aromatic heterocycles. The third kappa shape index (κ3) is 1.58. The molecule has 2 heteroatoms. The van der Waals surface area contributed by atoms with Crippen molar-refractivity contribution in [2.45, 2.75) is 6.42 Å². The maximum absolute atomic E-state index is 8.65. The number of para-hydroxylation sites is 1. The van der Waals surface area contributed by atoms with Crippen LogP contribution in [0.25, 0.3) is 6.08 Å². The summed E-state index contributed by atoms with van der Waals surface area (Å²) in [6.07, 6.45) is 4.61. The maximum atomic E-state index is 8.65. The largest absolute Gasteiger partial charge is 0.492 e. The first-order chi connectivity index (χ1) is 6.42. The predicted octanol–water partition coefficient (Wildman–Crippen LogP) is 1.63. The van der Waals surface area contributed by atoms with Gasteiger partial charge in [-0.15, -0.1) is 0 Å². The molecular weight excluding hydrogens is 164 g/mol. The van der Waals surface area contributed by atoms with E-state index in [1.807, 2.05) is 18.2 Å². The molecule has 0 radical (unpaired) electrons. The van der Waals surface area contributed by atoms with E-state index in [2.05, 4.69) is 6.07 Å². The molecule has 0 unspecified atom stereocenters. The standard InChI is InChI=1S/C11H12O2/c12-7-2-5-9-3-1-4-10-6-8-13-11(9)10/h1-5,12H,6-8H2/b5-2+. The second-order valence-corrected chi connectivity index (χ2v) is 3.02. The van der Waals surface area contributed by atoms with Crippen LogP contribution in [0.1, 0.15) is 11.1 Å². The monoisotopic (exact) mass is 176 g/mol. The third-order valence-corrected chi connectivity index (χ3v) is 2.15. The number of hydrogen-bond donors (Lipinski definition) is 1. The molecule has 68 valence electrons. The average molecular weight is 176 g/mol. The average Bonchev–Trinajstić information content (AvgIpc) is 2.62. The van der Waals surface area contributed by atoms with Crippen LogP contribution in [0, 0.1) is 0 Å². The molecule has 1 aliphatic heterocycles. The van der Waals surface area contributed by atoms with Crippen molar-refractivity contribution < 1.29 is 9.84 Å². The summed E-state index contributed by atoms with van der Waals surface area (Å²) in [5, 5.41) is 8.65. The normalized spacial score (nSPS) is 14.5. The molecule has 0 fully saturated rings. The van der Waals surface area contributed by atoms with Crippen molar-refractivity contribution in [1.82, 2.24) is 0 Å². The lowest BCUT2D eigenvalue weighted by Crippen LogP contribution is -1.88. The summed E-state index contributed by atoms with van der Waals surface area (Å²) < 4.78 is 5.49. The summed E-state index contributed by atoms with van der Waals surface area (Å²) in [5.74, 6) is 0.979. The Labute approximate surface area is 77.5 Å². The molecule has 0 bridgehead atoms. The van der Waals surface area contributed by atoms with E-state index in [9.17, 15) is 0 Å². The third-order valence-electron chi connectivity index (χ3n) is 2.15. The SMILES string of the molecule is OC/C=C/c1cccc2c1OCC2. The van der Waals surface area contributed by atoms with Crippen LogP contribution >= 0.6 is 0 Å². The van der Waals surface area contributed by atoms with Crippen LogP contribution < -0.4 is 4.74 Å². The lowest BCUT2D eigenvalue weighted by atomic mass is 10.1. The topological polar surface area (TPSA) is 29.5 Å². The van der Waals surface area contributed by atoms with Crippen molar-refractivity contribution in [1.29, 1.82) is 0 Å². The second-order valence-electron chi connectivity index (χ2n) is 3.02. The quantitative estimate of drug-likeness (QED) is 0.742. The first-order valence-electron chi connectivity index (χ1n) is 4.44. The van der Waals surface area contributed by atoms with Gasteiger partial charge in [-0.2, -0.15) is 0 Å². The highest BCUT2D eigenvalue weighted by molar-refractivity contribution is 5.60. The molecule has 1 aliphatic rings. The Hall–Kier alpha value is -1.28. The van der Waals surface area contributed by atoms with Crippen molar-refractivity contribution in [3.05, 3.63) is 35.4 Å². The zero-order chi connectivity index (χ0) is 9.10. The van der Waals surface area contributed by atoms with Crippen LogP contribution in [0.4, 0.5) is 0 Å². The Kier molecular flexibility index (Phi) is 2.32. The summed E-state index contributed by atoms with van der Waals surface area (Å²) in [6.45, 7) is 0.850. The van der Waals surface area contributed by atoms with Crippen LogP contribution in [0.3, 0.4) is 0 Å². The van der Waals surface area contributed by atoms with Gasteiger partial charge in [0.1, 0.15) is 5.75 Å². The molecule has 2 nitrogen and oxygen atoms in total. The summed E-state index contributed by atoms with van der Waals surface area (Å²) in [5.41, 5.74) is 2.32. The predicted molar refractivity (Wildman–Crippen MR) is 51.8 cm³/mol. The van der Waals surface area contributed by atoms with Crippen molar-refractivity contribution in [2.75, 3.05) is 13.2 Å². The van der Waals surface area contributed by atoms with Crippen molar-refractivity contribution in [3.8, 4) is 5.75 Å². The van der Waals surface area contributed by atoms with Gasteiger partial charge in [0, 0.05) is 12.0 Å². The number of aliphatic hydroxyl groups excluding tert-OH is 1. The maximum Gasteiger partial charge on any atom is 0.129 e. The number of ether oxygens (including phenoxy) is 1. The van der Waals surface area contributed by atoms with Gasteiger partial charge in [-0.1, -0.05) is 30.4 Å². The van der Waals surface area contributed by atoms with Gasteiger partial charge in [-0.05, 0) is 5.56 Å². The molecule has 1 N–H and O–H groups in total. The molecule has 2 rings (SSSR count). The highest BCUT2D eigenvalue weighted by atomic mass is 16.5. The molecule has 0 spiro atoms. The van der Waals surface area contributed by atoms with E-state index in [4.69, 9.17) is 9.84 Å². The van der Waals surface area contributed by atoms with Gasteiger partial charge >= 0.3 is 0 Å². The fraction of sp³-hybridized carbons (Fsp3) is 0.273. The summed E-state index contributed by atoms with van der Waals surface area (Å²) in [6, 6.07) is 6.10. The Morgan fingerprint density at radius 1 is 1.46 bits per heavy atom. The summed E-state index contributed by atoms with van der Waals surface area (Å²) >= 11 is 0.